The van der Waals surface area contributed by atoms with Crippen LogP contribution in [0.5, 0.6) is 0 Å². The van der Waals surface area contributed by atoms with E-state index in [4.69, 9.17) is 0 Å². The monoisotopic (exact) mass is 169 g/mol. The largest absolute Gasteiger partial charge is 0.256 e. The number of aryl methyl sites for hydroxylation is 1. The molecule has 0 saturated heterocycles. The maximum absolute atomic E-state index is 4.34. The van der Waals surface area contributed by atoms with Gasteiger partial charge < -0.3 is 0 Å². The molecule has 0 bridgehead atoms. The smallest absolute Gasteiger partial charge is 0.0707 e. The zero-order valence-corrected chi connectivity index (χ0v) is 7.62. The number of allylic oxidation sites excluding steroid dienone is 5. The standard InChI is InChI=1S/C12H11N/c1-9-6-7-12(13-8-9)11-5-3-4-10(11)2/h3-8H,2H2,1H3. The minimum atomic E-state index is 1.00. The van der Waals surface area contributed by atoms with Crippen molar-refractivity contribution in [3.8, 4) is 0 Å². The maximum atomic E-state index is 4.34. The normalized spacial score (nSPS) is 14.8. The van der Waals surface area contributed by atoms with Crippen LogP contribution in [0.4, 0.5) is 0 Å². The molecule has 1 nitrogen and oxygen atoms in total. The number of rotatable bonds is 1. The molecule has 0 fully saturated rings. The summed E-state index contributed by atoms with van der Waals surface area (Å²) in [5.74, 6) is 0. The molecule has 2 rings (SSSR count). The van der Waals surface area contributed by atoms with Gasteiger partial charge in [0, 0.05) is 11.8 Å². The van der Waals surface area contributed by atoms with Crippen molar-refractivity contribution < 1.29 is 0 Å². The molecule has 0 radical (unpaired) electrons. The molecule has 0 N–H and O–H groups in total. The molecule has 0 spiro atoms. The summed E-state index contributed by atoms with van der Waals surface area (Å²) in [4.78, 5) is 4.34. The van der Waals surface area contributed by atoms with Crippen molar-refractivity contribution in [1.82, 2.24) is 4.98 Å². The van der Waals surface area contributed by atoms with E-state index < -0.39 is 0 Å². The predicted molar refractivity (Wildman–Crippen MR) is 55.2 cm³/mol. The molecular weight excluding hydrogens is 158 g/mol. The van der Waals surface area contributed by atoms with Gasteiger partial charge >= 0.3 is 0 Å². The van der Waals surface area contributed by atoms with Crippen molar-refractivity contribution in [3.63, 3.8) is 0 Å². The quantitative estimate of drug-likeness (QED) is 0.630. The Morgan fingerprint density at radius 2 is 2.15 bits per heavy atom. The van der Waals surface area contributed by atoms with Crippen LogP contribution in [-0.4, -0.2) is 4.98 Å². The van der Waals surface area contributed by atoms with Gasteiger partial charge in [-0.05, 0) is 24.1 Å². The topological polar surface area (TPSA) is 12.9 Å². The van der Waals surface area contributed by atoms with E-state index in [1.165, 1.54) is 5.56 Å². The molecule has 1 aliphatic rings. The number of nitrogens with zero attached hydrogens (tertiary/aromatic N) is 1. The van der Waals surface area contributed by atoms with Crippen molar-refractivity contribution in [2.24, 2.45) is 0 Å². The predicted octanol–water partition coefficient (Wildman–Crippen LogP) is 2.90. The second-order valence-corrected chi connectivity index (χ2v) is 3.19. The number of aromatic nitrogens is 1. The highest BCUT2D eigenvalue weighted by atomic mass is 14.7. The minimum absolute atomic E-state index is 1.00. The molecule has 0 atom stereocenters. The molecular formula is C12H11N. The third-order valence-electron chi connectivity index (χ3n) is 2.09. The van der Waals surface area contributed by atoms with Gasteiger partial charge in [-0.25, -0.2) is 0 Å². The van der Waals surface area contributed by atoms with Gasteiger partial charge in [-0.15, -0.1) is 0 Å². The Morgan fingerprint density at radius 1 is 1.31 bits per heavy atom. The Balaban J connectivity index is 2.38. The summed E-state index contributed by atoms with van der Waals surface area (Å²) in [5, 5.41) is 0. The molecule has 1 aromatic rings. The average molecular weight is 169 g/mol. The third-order valence-corrected chi connectivity index (χ3v) is 2.09. The fourth-order valence-corrected chi connectivity index (χ4v) is 1.33. The van der Waals surface area contributed by atoms with Crippen LogP contribution in [0.15, 0.2) is 48.7 Å². The van der Waals surface area contributed by atoms with Crippen molar-refractivity contribution in [1.29, 1.82) is 0 Å². The van der Waals surface area contributed by atoms with E-state index in [-0.39, 0.29) is 0 Å². The fourth-order valence-electron chi connectivity index (χ4n) is 1.33. The van der Waals surface area contributed by atoms with Crippen molar-refractivity contribution in [2.45, 2.75) is 6.92 Å². The molecule has 1 heterocycles. The number of hydrogen-bond acceptors (Lipinski definition) is 1. The summed E-state index contributed by atoms with van der Waals surface area (Å²) in [7, 11) is 0. The first-order valence-corrected chi connectivity index (χ1v) is 4.28. The highest BCUT2D eigenvalue weighted by molar-refractivity contribution is 5.83. The second-order valence-electron chi connectivity index (χ2n) is 3.19. The fraction of sp³-hybridized carbons (Fsp3) is 0.0833. The Bertz CT molecular complexity index is 394. The second kappa shape index (κ2) is 3.02. The Labute approximate surface area is 78.1 Å². The van der Waals surface area contributed by atoms with Crippen molar-refractivity contribution >= 4 is 5.57 Å². The molecule has 0 unspecified atom stereocenters. The van der Waals surface area contributed by atoms with Crippen LogP contribution in [0, 0.1) is 6.92 Å². The summed E-state index contributed by atoms with van der Waals surface area (Å²) in [6, 6.07) is 4.09. The molecule has 0 aromatic carbocycles. The van der Waals surface area contributed by atoms with E-state index in [9.17, 15) is 0 Å². The van der Waals surface area contributed by atoms with Crippen LogP contribution in [0.1, 0.15) is 11.3 Å². The molecule has 1 aliphatic carbocycles. The van der Waals surface area contributed by atoms with Gasteiger partial charge in [-0.1, -0.05) is 30.9 Å². The zero-order chi connectivity index (χ0) is 9.26. The Kier molecular flexibility index (Phi) is 1.85. The summed E-state index contributed by atoms with van der Waals surface area (Å²) in [5.41, 5.74) is 4.35. The minimum Gasteiger partial charge on any atom is -0.256 e. The van der Waals surface area contributed by atoms with E-state index in [0.717, 1.165) is 16.8 Å². The molecule has 13 heavy (non-hydrogen) atoms. The van der Waals surface area contributed by atoms with E-state index in [2.05, 4.69) is 17.6 Å². The van der Waals surface area contributed by atoms with Crippen LogP contribution in [0.2, 0.25) is 0 Å². The zero-order valence-electron chi connectivity index (χ0n) is 7.62. The average Bonchev–Trinajstić information content (AvgIpc) is 2.53. The SMILES string of the molecule is C=C1C=CC=C1c1ccc(C)cn1. The highest BCUT2D eigenvalue weighted by Crippen LogP contribution is 2.25. The van der Waals surface area contributed by atoms with Gasteiger partial charge in [0.25, 0.3) is 0 Å². The van der Waals surface area contributed by atoms with Gasteiger partial charge in [0.15, 0.2) is 0 Å². The van der Waals surface area contributed by atoms with Crippen LogP contribution >= 0.6 is 0 Å². The van der Waals surface area contributed by atoms with E-state index in [1.54, 1.807) is 0 Å². The lowest BCUT2D eigenvalue weighted by Crippen LogP contribution is -1.88. The lowest BCUT2D eigenvalue weighted by molar-refractivity contribution is 1.23. The molecule has 0 saturated carbocycles. The first kappa shape index (κ1) is 7.99. The Hall–Kier alpha value is -1.63. The first-order valence-electron chi connectivity index (χ1n) is 4.28. The van der Waals surface area contributed by atoms with Crippen molar-refractivity contribution in [2.75, 3.05) is 0 Å². The molecule has 0 amide bonds. The summed E-state index contributed by atoms with van der Waals surface area (Å²) < 4.78 is 0. The molecule has 1 aromatic heterocycles. The van der Waals surface area contributed by atoms with E-state index in [1.807, 2.05) is 37.4 Å². The summed E-state index contributed by atoms with van der Waals surface area (Å²) in [6.07, 6.45) is 7.91. The highest BCUT2D eigenvalue weighted by Gasteiger charge is 2.07. The third kappa shape index (κ3) is 1.45. The van der Waals surface area contributed by atoms with Crippen LogP contribution in [0.25, 0.3) is 5.57 Å². The summed E-state index contributed by atoms with van der Waals surface area (Å²) in [6.45, 7) is 5.97. The van der Waals surface area contributed by atoms with Crippen molar-refractivity contribution in [3.05, 3.63) is 60.0 Å². The van der Waals surface area contributed by atoms with Gasteiger partial charge in [-0.2, -0.15) is 0 Å². The molecule has 64 valence electrons. The van der Waals surface area contributed by atoms with E-state index in [0.29, 0.717) is 0 Å². The van der Waals surface area contributed by atoms with Crippen LogP contribution in [0.3, 0.4) is 0 Å². The maximum Gasteiger partial charge on any atom is 0.0707 e. The summed E-state index contributed by atoms with van der Waals surface area (Å²) >= 11 is 0. The van der Waals surface area contributed by atoms with E-state index >= 15 is 0 Å². The lowest BCUT2D eigenvalue weighted by atomic mass is 10.1. The number of pyridine rings is 1. The number of hydrogen-bond donors (Lipinski definition) is 0. The first-order chi connectivity index (χ1) is 6.27. The lowest BCUT2D eigenvalue weighted by Gasteiger charge is -2.02. The van der Waals surface area contributed by atoms with Crippen LogP contribution < -0.4 is 0 Å². The van der Waals surface area contributed by atoms with Gasteiger partial charge in [0.1, 0.15) is 0 Å². The Morgan fingerprint density at radius 3 is 2.69 bits per heavy atom. The van der Waals surface area contributed by atoms with Gasteiger partial charge in [-0.3, -0.25) is 4.98 Å². The molecule has 0 aliphatic heterocycles. The molecule has 1 heteroatoms. The van der Waals surface area contributed by atoms with Crippen LogP contribution in [-0.2, 0) is 0 Å². The van der Waals surface area contributed by atoms with Gasteiger partial charge in [0.2, 0.25) is 0 Å². The van der Waals surface area contributed by atoms with Gasteiger partial charge in [0.05, 0.1) is 5.69 Å².